The van der Waals surface area contributed by atoms with E-state index >= 15 is 0 Å². The lowest BCUT2D eigenvalue weighted by molar-refractivity contribution is -0.0494. The molecule has 1 aliphatic heterocycles. The van der Waals surface area contributed by atoms with Crippen molar-refractivity contribution in [2.24, 2.45) is 0 Å². The van der Waals surface area contributed by atoms with Crippen molar-refractivity contribution in [2.45, 2.75) is 32.4 Å². The fraction of sp³-hybridized carbons (Fsp3) is 0.400. The lowest BCUT2D eigenvalue weighted by atomic mass is 10.1. The Hall–Kier alpha value is -2.45. The minimum absolute atomic E-state index is 0.0304. The zero-order chi connectivity index (χ0) is 20.5. The van der Waals surface area contributed by atoms with Crippen LogP contribution in [0.5, 0.6) is 5.75 Å². The number of hydrogen-bond acceptors (Lipinski definition) is 5. The molecule has 3 heterocycles. The van der Waals surface area contributed by atoms with Gasteiger partial charge in [-0.05, 0) is 63.2 Å². The van der Waals surface area contributed by atoms with E-state index in [4.69, 9.17) is 11.6 Å². The van der Waals surface area contributed by atoms with Crippen LogP contribution < -0.4 is 10.1 Å². The molecule has 0 unspecified atom stereocenters. The highest BCUT2D eigenvalue weighted by Crippen LogP contribution is 2.35. The number of piperidine rings is 1. The first kappa shape index (κ1) is 19.8. The van der Waals surface area contributed by atoms with Gasteiger partial charge in [-0.1, -0.05) is 11.6 Å². The van der Waals surface area contributed by atoms with Crippen molar-refractivity contribution in [2.75, 3.05) is 25.5 Å². The third-order valence-corrected chi connectivity index (χ3v) is 5.28. The second-order valence-electron chi connectivity index (χ2n) is 7.41. The van der Waals surface area contributed by atoms with Gasteiger partial charge in [0.1, 0.15) is 11.4 Å². The van der Waals surface area contributed by atoms with Gasteiger partial charge in [-0.2, -0.15) is 8.78 Å². The number of hydrogen-bond donors (Lipinski definition) is 1. The molecule has 1 aromatic carbocycles. The molecular weight excluding hydrogens is 400 g/mol. The van der Waals surface area contributed by atoms with Crippen LogP contribution in [0.4, 0.5) is 14.7 Å². The number of likely N-dealkylation sites (tertiary alicyclic amines) is 1. The quantitative estimate of drug-likeness (QED) is 0.659. The summed E-state index contributed by atoms with van der Waals surface area (Å²) in [7, 11) is 2.10. The summed E-state index contributed by atoms with van der Waals surface area (Å²) < 4.78 is 32.4. The van der Waals surface area contributed by atoms with Crippen molar-refractivity contribution < 1.29 is 13.5 Å². The summed E-state index contributed by atoms with van der Waals surface area (Å²) in [6.07, 6.45) is 4.12. The number of benzene rings is 1. The predicted octanol–water partition coefficient (Wildman–Crippen LogP) is 4.47. The summed E-state index contributed by atoms with van der Waals surface area (Å²) in [5.74, 6) is 0.597. The number of nitrogens with zero attached hydrogens (tertiary/aromatic N) is 4. The SMILES string of the molecule is Cc1cc2c(-c3ccc(Cl)cc3OC(F)F)nnc(N[C@@H]3CCCN(C)C3)n2c1. The van der Waals surface area contributed by atoms with Crippen molar-refractivity contribution in [3.63, 3.8) is 0 Å². The zero-order valence-electron chi connectivity index (χ0n) is 16.2. The van der Waals surface area contributed by atoms with Crippen LogP contribution in [0.3, 0.4) is 0 Å². The third kappa shape index (κ3) is 4.28. The van der Waals surface area contributed by atoms with Crippen LogP contribution in [-0.4, -0.2) is 52.3 Å². The Morgan fingerprint density at radius 2 is 2.10 bits per heavy atom. The van der Waals surface area contributed by atoms with Crippen molar-refractivity contribution in [3.05, 3.63) is 41.0 Å². The molecule has 29 heavy (non-hydrogen) atoms. The van der Waals surface area contributed by atoms with Crippen LogP contribution in [0.25, 0.3) is 16.8 Å². The lowest BCUT2D eigenvalue weighted by Gasteiger charge is -2.30. The summed E-state index contributed by atoms with van der Waals surface area (Å²) in [5.41, 5.74) is 2.63. The Morgan fingerprint density at radius 3 is 2.86 bits per heavy atom. The van der Waals surface area contributed by atoms with Gasteiger partial charge < -0.3 is 15.0 Å². The first-order valence-corrected chi connectivity index (χ1v) is 9.83. The fourth-order valence-corrected chi connectivity index (χ4v) is 3.95. The standard InChI is InChI=1S/C20H22ClF2N5O/c1-12-8-16-18(15-6-5-13(21)9-17(15)29-19(22)23)25-26-20(28(16)10-12)24-14-4-3-7-27(2)11-14/h5-6,8-10,14,19H,3-4,7,11H2,1-2H3,(H,24,26)/t14-/m1/s1. The molecule has 154 valence electrons. The highest BCUT2D eigenvalue weighted by molar-refractivity contribution is 6.30. The molecule has 1 aliphatic rings. The molecule has 0 aliphatic carbocycles. The van der Waals surface area contributed by atoms with Gasteiger partial charge in [0.15, 0.2) is 0 Å². The number of rotatable bonds is 5. The van der Waals surface area contributed by atoms with E-state index in [1.807, 2.05) is 23.6 Å². The molecule has 0 amide bonds. The lowest BCUT2D eigenvalue weighted by Crippen LogP contribution is -2.40. The first-order chi connectivity index (χ1) is 13.9. The van der Waals surface area contributed by atoms with Crippen LogP contribution >= 0.6 is 11.6 Å². The van der Waals surface area contributed by atoms with Crippen LogP contribution in [0, 0.1) is 6.92 Å². The Labute approximate surface area is 172 Å². The van der Waals surface area contributed by atoms with Crippen molar-refractivity contribution >= 4 is 23.1 Å². The summed E-state index contributed by atoms with van der Waals surface area (Å²) >= 11 is 5.98. The number of aromatic nitrogens is 3. The number of aryl methyl sites for hydroxylation is 1. The minimum atomic E-state index is -2.96. The van der Waals surface area contributed by atoms with Crippen LogP contribution in [0.15, 0.2) is 30.5 Å². The molecule has 6 nitrogen and oxygen atoms in total. The van der Waals surface area contributed by atoms with Gasteiger partial charge in [0, 0.05) is 29.4 Å². The molecule has 4 rings (SSSR count). The van der Waals surface area contributed by atoms with E-state index in [9.17, 15) is 8.78 Å². The van der Waals surface area contributed by atoms with E-state index in [1.165, 1.54) is 6.07 Å². The largest absolute Gasteiger partial charge is 0.434 e. The summed E-state index contributed by atoms with van der Waals surface area (Å²) in [6.45, 7) is 1.01. The minimum Gasteiger partial charge on any atom is -0.434 e. The zero-order valence-corrected chi connectivity index (χ0v) is 17.0. The van der Waals surface area contributed by atoms with E-state index in [0.29, 0.717) is 22.2 Å². The van der Waals surface area contributed by atoms with Gasteiger partial charge >= 0.3 is 6.61 Å². The van der Waals surface area contributed by atoms with E-state index in [2.05, 4.69) is 32.2 Å². The monoisotopic (exact) mass is 421 g/mol. The molecule has 9 heteroatoms. The molecule has 1 atom stereocenters. The number of anilines is 1. The number of likely N-dealkylation sites (N-methyl/N-ethyl adjacent to an activating group) is 1. The van der Waals surface area contributed by atoms with Crippen molar-refractivity contribution in [1.29, 1.82) is 0 Å². The summed E-state index contributed by atoms with van der Waals surface area (Å²) in [4.78, 5) is 2.28. The Morgan fingerprint density at radius 1 is 1.28 bits per heavy atom. The average Bonchev–Trinajstić information content (AvgIpc) is 3.04. The molecule has 1 fully saturated rings. The normalized spacial score (nSPS) is 17.8. The molecule has 1 saturated heterocycles. The third-order valence-electron chi connectivity index (χ3n) is 5.04. The van der Waals surface area contributed by atoms with Crippen LogP contribution in [0.2, 0.25) is 5.02 Å². The Balaban J connectivity index is 1.76. The maximum Gasteiger partial charge on any atom is 0.387 e. The van der Waals surface area contributed by atoms with Gasteiger partial charge in [0.05, 0.1) is 5.52 Å². The Bertz CT molecular complexity index is 1030. The van der Waals surface area contributed by atoms with Crippen molar-refractivity contribution in [1.82, 2.24) is 19.5 Å². The average molecular weight is 422 g/mol. The number of nitrogens with one attached hydrogen (secondary N) is 1. The maximum absolute atomic E-state index is 12.9. The molecule has 2 aromatic heterocycles. The van der Waals surface area contributed by atoms with Crippen LogP contribution in [-0.2, 0) is 0 Å². The molecule has 0 bridgehead atoms. The number of halogens is 3. The van der Waals surface area contributed by atoms with Gasteiger partial charge in [-0.25, -0.2) is 0 Å². The second kappa shape index (κ2) is 8.12. The first-order valence-electron chi connectivity index (χ1n) is 9.46. The number of ether oxygens (including phenoxy) is 1. The Kier molecular flexibility index (Phi) is 5.56. The van der Waals surface area contributed by atoms with Gasteiger partial charge in [-0.15, -0.1) is 10.2 Å². The maximum atomic E-state index is 12.9. The van der Waals surface area contributed by atoms with E-state index in [1.54, 1.807) is 12.1 Å². The number of alkyl halides is 2. The molecule has 0 spiro atoms. The summed E-state index contributed by atoms with van der Waals surface area (Å²) in [5, 5.41) is 12.5. The van der Waals surface area contributed by atoms with E-state index < -0.39 is 6.61 Å². The molecule has 0 radical (unpaired) electrons. The fourth-order valence-electron chi connectivity index (χ4n) is 3.79. The predicted molar refractivity (Wildman–Crippen MR) is 109 cm³/mol. The van der Waals surface area contributed by atoms with Gasteiger partial charge in [0.2, 0.25) is 5.95 Å². The van der Waals surface area contributed by atoms with Gasteiger partial charge in [-0.3, -0.25) is 4.40 Å². The van der Waals surface area contributed by atoms with Gasteiger partial charge in [0.25, 0.3) is 0 Å². The molecule has 1 N–H and O–H groups in total. The number of fused-ring (bicyclic) bond motifs is 1. The summed E-state index contributed by atoms with van der Waals surface area (Å²) in [6, 6.07) is 6.82. The van der Waals surface area contributed by atoms with Crippen LogP contribution in [0.1, 0.15) is 18.4 Å². The van der Waals surface area contributed by atoms with E-state index in [-0.39, 0.29) is 11.8 Å². The highest BCUT2D eigenvalue weighted by Gasteiger charge is 2.21. The smallest absolute Gasteiger partial charge is 0.387 e. The molecule has 0 saturated carbocycles. The molecule has 3 aromatic rings. The second-order valence-corrected chi connectivity index (χ2v) is 7.85. The van der Waals surface area contributed by atoms with Crippen molar-refractivity contribution in [3.8, 4) is 17.0 Å². The molecular formula is C20H22ClF2N5O. The van der Waals surface area contributed by atoms with E-state index in [0.717, 1.165) is 37.0 Å². The highest BCUT2D eigenvalue weighted by atomic mass is 35.5. The topological polar surface area (TPSA) is 54.7 Å².